The van der Waals surface area contributed by atoms with Gasteiger partial charge in [0.2, 0.25) is 5.75 Å². The highest BCUT2D eigenvalue weighted by Crippen LogP contribution is 2.51. The molecule has 0 aromatic heterocycles. The SMILES string of the molecule is CC(=O)CC(CSc1c([C@H]2Oc3cc(O)cc(O)c3C[C@H]2OC(=O)c2cc(O)c(O)c(O)c2)cc(O)c(O)c1O)C(=O)O. The first-order valence-corrected chi connectivity index (χ1v) is 13.5. The summed E-state index contributed by atoms with van der Waals surface area (Å²) in [5.74, 6) is -10.4. The predicted molar refractivity (Wildman–Crippen MR) is 146 cm³/mol. The smallest absolute Gasteiger partial charge is 0.338 e. The predicted octanol–water partition coefficient (Wildman–Crippen LogP) is 3.01. The van der Waals surface area contributed by atoms with Gasteiger partial charge in [-0.25, -0.2) is 4.79 Å². The molecule has 0 aliphatic carbocycles. The monoisotopic (exact) mass is 618 g/mol. The zero-order chi connectivity index (χ0) is 31.7. The van der Waals surface area contributed by atoms with Crippen molar-refractivity contribution in [1.82, 2.24) is 0 Å². The van der Waals surface area contributed by atoms with E-state index in [4.69, 9.17) is 9.47 Å². The maximum atomic E-state index is 13.1. The van der Waals surface area contributed by atoms with Crippen molar-refractivity contribution in [2.24, 2.45) is 5.92 Å². The summed E-state index contributed by atoms with van der Waals surface area (Å²) in [6, 6.07) is 4.78. The van der Waals surface area contributed by atoms with Gasteiger partial charge in [-0.2, -0.15) is 0 Å². The number of carbonyl (C=O) groups excluding carboxylic acids is 2. The Hall–Kier alpha value is -5.18. The molecule has 4 rings (SSSR count). The first-order chi connectivity index (χ1) is 20.2. The van der Waals surface area contributed by atoms with Crippen LogP contribution in [0.2, 0.25) is 0 Å². The van der Waals surface area contributed by atoms with Crippen LogP contribution in [-0.2, 0) is 20.7 Å². The number of benzene rings is 3. The van der Waals surface area contributed by atoms with E-state index < -0.39 is 81.7 Å². The van der Waals surface area contributed by atoms with E-state index in [0.717, 1.165) is 30.3 Å². The number of ether oxygens (including phenoxy) is 2. The number of hydrogen-bond acceptors (Lipinski definition) is 14. The van der Waals surface area contributed by atoms with E-state index in [1.165, 1.54) is 6.92 Å². The lowest BCUT2D eigenvalue weighted by Crippen LogP contribution is -2.35. The Morgan fingerprint density at radius 1 is 0.884 bits per heavy atom. The molecule has 0 fully saturated rings. The van der Waals surface area contributed by atoms with Crippen LogP contribution in [0, 0.1) is 5.92 Å². The number of phenols is 8. The van der Waals surface area contributed by atoms with Crippen LogP contribution in [0.1, 0.15) is 40.9 Å². The maximum Gasteiger partial charge on any atom is 0.338 e. The van der Waals surface area contributed by atoms with Crippen LogP contribution in [0.4, 0.5) is 0 Å². The van der Waals surface area contributed by atoms with Crippen molar-refractivity contribution in [3.05, 3.63) is 47.0 Å². The van der Waals surface area contributed by atoms with E-state index in [0.29, 0.717) is 11.8 Å². The summed E-state index contributed by atoms with van der Waals surface area (Å²) < 4.78 is 11.6. The third-order valence-corrected chi connectivity index (χ3v) is 7.87. The minimum absolute atomic E-state index is 0.0716. The van der Waals surface area contributed by atoms with Crippen LogP contribution in [0.5, 0.6) is 51.7 Å². The van der Waals surface area contributed by atoms with Crippen molar-refractivity contribution in [2.75, 3.05) is 5.75 Å². The molecule has 9 N–H and O–H groups in total. The molecule has 0 bridgehead atoms. The minimum atomic E-state index is -1.44. The topological polar surface area (TPSA) is 252 Å². The number of carboxylic acids is 1. The van der Waals surface area contributed by atoms with E-state index in [1.54, 1.807) is 0 Å². The lowest BCUT2D eigenvalue weighted by atomic mass is 9.93. The zero-order valence-electron chi connectivity index (χ0n) is 22.2. The largest absolute Gasteiger partial charge is 0.508 e. The van der Waals surface area contributed by atoms with Gasteiger partial charge >= 0.3 is 11.9 Å². The number of carboxylic acid groups (broad SMARTS) is 1. The van der Waals surface area contributed by atoms with Crippen molar-refractivity contribution in [3.8, 4) is 51.7 Å². The Bertz CT molecular complexity index is 1590. The van der Waals surface area contributed by atoms with Crippen molar-refractivity contribution in [1.29, 1.82) is 0 Å². The van der Waals surface area contributed by atoms with E-state index in [2.05, 4.69) is 0 Å². The normalized spacial score (nSPS) is 16.5. The molecule has 43 heavy (non-hydrogen) atoms. The molecule has 0 saturated heterocycles. The highest BCUT2D eigenvalue weighted by atomic mass is 32.2. The maximum absolute atomic E-state index is 13.1. The molecule has 1 aliphatic heterocycles. The molecule has 1 unspecified atom stereocenters. The second kappa shape index (κ2) is 12.0. The standard InChI is InChI=1S/C28H26O14S/c1-10(29)2-12(27(38)39)9-43-26-15(7-19(34)23(36)24(26)37)25-21(8-14-16(31)5-13(30)6-20(14)41-25)42-28(40)11-3-17(32)22(35)18(33)4-11/h3-7,12,21,25,30-37H,2,8-9H2,1H3,(H,38,39)/t12?,21-,25-/m1/s1. The van der Waals surface area contributed by atoms with Crippen LogP contribution < -0.4 is 4.74 Å². The second-order valence-corrected chi connectivity index (χ2v) is 10.8. The van der Waals surface area contributed by atoms with E-state index >= 15 is 0 Å². The molecular weight excluding hydrogens is 592 g/mol. The lowest BCUT2D eigenvalue weighted by Gasteiger charge is -2.35. The fraction of sp³-hybridized carbons (Fsp3) is 0.250. The van der Waals surface area contributed by atoms with E-state index in [-0.39, 0.29) is 46.1 Å². The third-order valence-electron chi connectivity index (χ3n) is 6.59. The Kier molecular flexibility index (Phi) is 8.57. The van der Waals surface area contributed by atoms with Gasteiger partial charge in [0.05, 0.1) is 16.4 Å². The number of carbonyl (C=O) groups is 3. The first kappa shape index (κ1) is 30.8. The molecule has 3 atom stereocenters. The fourth-order valence-electron chi connectivity index (χ4n) is 4.50. The highest BCUT2D eigenvalue weighted by Gasteiger charge is 2.39. The van der Waals surface area contributed by atoms with Crippen LogP contribution in [0.3, 0.4) is 0 Å². The number of Topliss-reactive ketones (excluding diaryl/α,β-unsaturated/α-hetero) is 1. The summed E-state index contributed by atoms with van der Waals surface area (Å²) in [4.78, 5) is 36.2. The number of ketones is 1. The molecule has 14 nitrogen and oxygen atoms in total. The van der Waals surface area contributed by atoms with Crippen molar-refractivity contribution in [2.45, 2.75) is 36.9 Å². The zero-order valence-corrected chi connectivity index (χ0v) is 23.0. The average molecular weight is 619 g/mol. The lowest BCUT2D eigenvalue weighted by molar-refractivity contribution is -0.142. The molecule has 1 aliphatic rings. The summed E-state index contributed by atoms with van der Waals surface area (Å²) in [6.45, 7) is 1.21. The Morgan fingerprint density at radius 2 is 1.51 bits per heavy atom. The summed E-state index contributed by atoms with van der Waals surface area (Å²) >= 11 is 0.712. The summed E-state index contributed by atoms with van der Waals surface area (Å²) in [6.07, 6.45) is -3.43. The summed E-state index contributed by atoms with van der Waals surface area (Å²) in [5.41, 5.74) is -0.406. The number of rotatable bonds is 9. The molecule has 3 aromatic rings. The molecule has 0 amide bonds. The van der Waals surface area contributed by atoms with Gasteiger partial charge in [-0.3, -0.25) is 4.79 Å². The molecule has 3 aromatic carbocycles. The number of fused-ring (bicyclic) bond motifs is 1. The minimum Gasteiger partial charge on any atom is -0.508 e. The van der Waals surface area contributed by atoms with Gasteiger partial charge in [-0.05, 0) is 25.1 Å². The van der Waals surface area contributed by atoms with Gasteiger partial charge in [0.25, 0.3) is 0 Å². The van der Waals surface area contributed by atoms with Gasteiger partial charge < -0.3 is 60.2 Å². The first-order valence-electron chi connectivity index (χ1n) is 12.5. The average Bonchev–Trinajstić information content (AvgIpc) is 2.92. The molecule has 15 heteroatoms. The quantitative estimate of drug-likeness (QED) is 0.0949. The van der Waals surface area contributed by atoms with Gasteiger partial charge in [0.15, 0.2) is 34.9 Å². The number of phenolic OH excluding ortho intramolecular Hbond substituents is 8. The molecular formula is C28H26O14S. The van der Waals surface area contributed by atoms with Crippen LogP contribution in [0.15, 0.2) is 35.2 Å². The molecule has 1 heterocycles. The van der Waals surface area contributed by atoms with E-state index in [1.807, 2.05) is 0 Å². The van der Waals surface area contributed by atoms with Crippen molar-refractivity contribution in [3.63, 3.8) is 0 Å². The fourth-order valence-corrected chi connectivity index (χ4v) is 5.70. The second-order valence-electron chi connectivity index (χ2n) is 9.75. The number of aromatic hydroxyl groups is 8. The van der Waals surface area contributed by atoms with Gasteiger partial charge in [0, 0.05) is 41.9 Å². The van der Waals surface area contributed by atoms with Gasteiger partial charge in [0.1, 0.15) is 29.1 Å². The number of thioether (sulfide) groups is 1. The van der Waals surface area contributed by atoms with Gasteiger partial charge in [-0.1, -0.05) is 0 Å². The number of esters is 1. The van der Waals surface area contributed by atoms with Crippen molar-refractivity contribution >= 4 is 29.5 Å². The third kappa shape index (κ3) is 6.35. The Labute approximate surface area is 246 Å². The van der Waals surface area contributed by atoms with E-state index in [9.17, 15) is 60.3 Å². The Balaban J connectivity index is 1.80. The summed E-state index contributed by atoms with van der Waals surface area (Å²) in [7, 11) is 0. The Morgan fingerprint density at radius 3 is 2.12 bits per heavy atom. The number of aliphatic carboxylic acids is 1. The molecule has 0 saturated carbocycles. The van der Waals surface area contributed by atoms with Gasteiger partial charge in [-0.15, -0.1) is 11.8 Å². The van der Waals surface area contributed by atoms with Crippen molar-refractivity contribution < 1.29 is 69.8 Å². The molecule has 0 spiro atoms. The summed E-state index contributed by atoms with van der Waals surface area (Å²) in [5, 5.41) is 90.7. The highest BCUT2D eigenvalue weighted by molar-refractivity contribution is 7.99. The molecule has 228 valence electrons. The van der Waals surface area contributed by atoms with Crippen LogP contribution >= 0.6 is 11.8 Å². The van der Waals surface area contributed by atoms with Crippen LogP contribution in [-0.4, -0.2) is 75.5 Å². The van der Waals surface area contributed by atoms with Crippen LogP contribution in [0.25, 0.3) is 0 Å². The molecule has 0 radical (unpaired) electrons. The number of hydrogen-bond donors (Lipinski definition) is 9.